The molecule has 0 saturated heterocycles. The number of oxime groups is 1. The van der Waals surface area contributed by atoms with Gasteiger partial charge in [-0.25, -0.2) is 0 Å². The topological polar surface area (TPSA) is 44.6 Å². The second-order valence-electron chi connectivity index (χ2n) is 3.99. The molecule has 0 unspecified atom stereocenters. The third-order valence-corrected chi connectivity index (χ3v) is 2.74. The van der Waals surface area contributed by atoms with E-state index >= 15 is 0 Å². The molecule has 0 aliphatic carbocycles. The van der Waals surface area contributed by atoms with Gasteiger partial charge in [-0.15, -0.1) is 0 Å². The third kappa shape index (κ3) is 5.59. The number of nitrogens with one attached hydrogen (secondary N) is 1. The maximum Gasteiger partial charge on any atom is 0.146 e. The lowest BCUT2D eigenvalue weighted by atomic mass is 10.1. The molecular formula is C13H19ClN2O. The molecule has 0 aliphatic heterocycles. The second kappa shape index (κ2) is 7.96. The van der Waals surface area contributed by atoms with Gasteiger partial charge in [-0.3, -0.25) is 0 Å². The minimum Gasteiger partial charge on any atom is -0.409 e. The number of hydrogen-bond donors (Lipinski definition) is 2. The van der Waals surface area contributed by atoms with Gasteiger partial charge in [0.1, 0.15) is 5.84 Å². The summed E-state index contributed by atoms with van der Waals surface area (Å²) in [5, 5.41) is 15.9. The van der Waals surface area contributed by atoms with Crippen LogP contribution < -0.4 is 5.32 Å². The van der Waals surface area contributed by atoms with Crippen LogP contribution >= 0.6 is 11.6 Å². The first-order valence-corrected chi connectivity index (χ1v) is 6.37. The van der Waals surface area contributed by atoms with E-state index < -0.39 is 0 Å². The Kier molecular flexibility index (Phi) is 6.48. The second-order valence-corrected chi connectivity index (χ2v) is 4.43. The van der Waals surface area contributed by atoms with Crippen LogP contribution in [0.3, 0.4) is 0 Å². The van der Waals surface area contributed by atoms with Gasteiger partial charge >= 0.3 is 0 Å². The minimum absolute atomic E-state index is 0.586. The molecule has 0 radical (unpaired) electrons. The van der Waals surface area contributed by atoms with E-state index in [4.69, 9.17) is 16.8 Å². The van der Waals surface area contributed by atoms with Gasteiger partial charge in [-0.1, -0.05) is 49.0 Å². The number of nitrogens with zero attached hydrogens (tertiary/aromatic N) is 1. The zero-order chi connectivity index (χ0) is 12.5. The first-order valence-electron chi connectivity index (χ1n) is 5.99. The molecule has 0 atom stereocenters. The number of hydrogen-bond acceptors (Lipinski definition) is 2. The maximum absolute atomic E-state index is 8.91. The Morgan fingerprint density at radius 2 is 2.18 bits per heavy atom. The van der Waals surface area contributed by atoms with Crippen LogP contribution in [0.5, 0.6) is 0 Å². The van der Waals surface area contributed by atoms with Gasteiger partial charge in [-0.2, -0.15) is 0 Å². The van der Waals surface area contributed by atoms with Crippen LogP contribution in [0.25, 0.3) is 0 Å². The average Bonchev–Trinajstić information content (AvgIpc) is 2.33. The fourth-order valence-corrected chi connectivity index (χ4v) is 1.78. The smallest absolute Gasteiger partial charge is 0.146 e. The zero-order valence-electron chi connectivity index (χ0n) is 10.1. The maximum atomic E-state index is 8.91. The summed E-state index contributed by atoms with van der Waals surface area (Å²) in [6.45, 7) is 2.17. The van der Waals surface area contributed by atoms with Gasteiger partial charge in [-0.05, 0) is 24.6 Å². The molecule has 0 aliphatic rings. The molecule has 0 aromatic heterocycles. The predicted molar refractivity (Wildman–Crippen MR) is 73.1 cm³/mol. The van der Waals surface area contributed by atoms with Crippen LogP contribution in [0.2, 0.25) is 5.02 Å². The van der Waals surface area contributed by atoms with Crippen LogP contribution in [-0.4, -0.2) is 11.0 Å². The van der Waals surface area contributed by atoms with Gasteiger partial charge in [0.2, 0.25) is 0 Å². The monoisotopic (exact) mass is 254 g/mol. The molecule has 1 aromatic rings. The van der Waals surface area contributed by atoms with Gasteiger partial charge in [0, 0.05) is 17.1 Å². The largest absolute Gasteiger partial charge is 0.409 e. The molecule has 1 rings (SSSR count). The van der Waals surface area contributed by atoms with Crippen molar-refractivity contribution in [3.05, 3.63) is 29.3 Å². The SMILES string of the molecule is CCCCCC/C(=N/O)Nc1cccc(Cl)c1. The zero-order valence-corrected chi connectivity index (χ0v) is 10.9. The Balaban J connectivity index is 2.42. The third-order valence-electron chi connectivity index (χ3n) is 2.50. The van der Waals surface area contributed by atoms with Crippen LogP contribution in [0.4, 0.5) is 5.69 Å². The van der Waals surface area contributed by atoms with Crippen LogP contribution in [0, 0.1) is 0 Å². The summed E-state index contributed by atoms with van der Waals surface area (Å²) in [5.41, 5.74) is 0.848. The lowest BCUT2D eigenvalue weighted by Crippen LogP contribution is -2.11. The van der Waals surface area contributed by atoms with E-state index in [9.17, 15) is 0 Å². The lowest BCUT2D eigenvalue weighted by molar-refractivity contribution is 0.317. The van der Waals surface area contributed by atoms with E-state index in [1.54, 1.807) is 6.07 Å². The van der Waals surface area contributed by atoms with Crippen molar-refractivity contribution in [2.75, 3.05) is 5.32 Å². The Hall–Kier alpha value is -1.22. The molecule has 2 N–H and O–H groups in total. The molecule has 94 valence electrons. The van der Waals surface area contributed by atoms with Crippen LogP contribution in [0.1, 0.15) is 39.0 Å². The van der Waals surface area contributed by atoms with Gasteiger partial charge in [0.15, 0.2) is 0 Å². The van der Waals surface area contributed by atoms with Crippen LogP contribution in [0.15, 0.2) is 29.4 Å². The summed E-state index contributed by atoms with van der Waals surface area (Å²) in [4.78, 5) is 0. The standard InChI is InChI=1S/C13H19ClN2O/c1-2-3-4-5-9-13(16-17)15-12-8-6-7-11(14)10-12/h6-8,10,17H,2-5,9H2,1H3,(H,15,16). The minimum atomic E-state index is 0.586. The summed E-state index contributed by atoms with van der Waals surface area (Å²) in [7, 11) is 0. The van der Waals surface area contributed by atoms with Crippen molar-refractivity contribution in [2.45, 2.75) is 39.0 Å². The Labute approximate surface area is 107 Å². The number of halogens is 1. The summed E-state index contributed by atoms with van der Waals surface area (Å²) >= 11 is 5.87. The highest BCUT2D eigenvalue weighted by Gasteiger charge is 2.01. The predicted octanol–water partition coefficient (Wildman–Crippen LogP) is 4.51. The molecule has 0 heterocycles. The summed E-state index contributed by atoms with van der Waals surface area (Å²) < 4.78 is 0. The molecule has 1 aromatic carbocycles. The highest BCUT2D eigenvalue weighted by atomic mass is 35.5. The van der Waals surface area contributed by atoms with Crippen molar-refractivity contribution >= 4 is 23.1 Å². The fourth-order valence-electron chi connectivity index (χ4n) is 1.59. The number of rotatable bonds is 6. The first-order chi connectivity index (χ1) is 8.26. The van der Waals surface area contributed by atoms with Crippen LogP contribution in [-0.2, 0) is 0 Å². The molecular weight excluding hydrogens is 236 g/mol. The Bertz CT molecular complexity index is 366. The summed E-state index contributed by atoms with van der Waals surface area (Å²) in [6.07, 6.45) is 5.36. The molecule has 0 fully saturated rings. The summed E-state index contributed by atoms with van der Waals surface area (Å²) in [6, 6.07) is 7.36. The van der Waals surface area contributed by atoms with Crippen molar-refractivity contribution in [2.24, 2.45) is 5.16 Å². The van der Waals surface area contributed by atoms with Crippen molar-refractivity contribution in [3.8, 4) is 0 Å². The number of unbranched alkanes of at least 4 members (excludes halogenated alkanes) is 3. The normalized spacial score (nSPS) is 11.5. The fraction of sp³-hybridized carbons (Fsp3) is 0.462. The summed E-state index contributed by atoms with van der Waals surface area (Å²) in [5.74, 6) is 0.586. The highest BCUT2D eigenvalue weighted by Crippen LogP contribution is 2.15. The van der Waals surface area contributed by atoms with E-state index in [-0.39, 0.29) is 0 Å². The number of amidine groups is 1. The average molecular weight is 255 g/mol. The van der Waals surface area contributed by atoms with Gasteiger partial charge in [0.25, 0.3) is 0 Å². The first kappa shape index (κ1) is 13.8. The molecule has 0 spiro atoms. The Morgan fingerprint density at radius 3 is 2.82 bits per heavy atom. The molecule has 0 saturated carbocycles. The van der Waals surface area contributed by atoms with Crippen molar-refractivity contribution in [1.29, 1.82) is 0 Å². The van der Waals surface area contributed by atoms with E-state index in [1.165, 1.54) is 12.8 Å². The van der Waals surface area contributed by atoms with Gasteiger partial charge < -0.3 is 10.5 Å². The molecule has 17 heavy (non-hydrogen) atoms. The van der Waals surface area contributed by atoms with Gasteiger partial charge in [0.05, 0.1) is 0 Å². The molecule has 0 bridgehead atoms. The highest BCUT2D eigenvalue weighted by molar-refractivity contribution is 6.30. The number of anilines is 1. The van der Waals surface area contributed by atoms with E-state index in [0.717, 1.165) is 24.9 Å². The molecule has 4 heteroatoms. The van der Waals surface area contributed by atoms with Crippen molar-refractivity contribution in [3.63, 3.8) is 0 Å². The quantitative estimate of drug-likeness (QED) is 0.258. The van der Waals surface area contributed by atoms with E-state index in [1.807, 2.05) is 18.2 Å². The lowest BCUT2D eigenvalue weighted by Gasteiger charge is -2.08. The Morgan fingerprint density at radius 1 is 1.35 bits per heavy atom. The van der Waals surface area contributed by atoms with Crippen molar-refractivity contribution in [1.82, 2.24) is 0 Å². The van der Waals surface area contributed by atoms with Crippen molar-refractivity contribution < 1.29 is 5.21 Å². The van der Waals surface area contributed by atoms with E-state index in [0.29, 0.717) is 10.9 Å². The van der Waals surface area contributed by atoms with E-state index in [2.05, 4.69) is 17.4 Å². The number of benzene rings is 1. The molecule has 3 nitrogen and oxygen atoms in total. The molecule has 0 amide bonds.